The summed E-state index contributed by atoms with van der Waals surface area (Å²) in [5, 5.41) is 4.53. The molecule has 11 nitrogen and oxygen atoms in total. The molecule has 2 aromatic rings. The highest BCUT2D eigenvalue weighted by Gasteiger charge is 2.60. The van der Waals surface area contributed by atoms with Crippen LogP contribution in [0.2, 0.25) is 0 Å². The van der Waals surface area contributed by atoms with Crippen molar-refractivity contribution in [3.8, 4) is 17.5 Å². The highest BCUT2D eigenvalue weighted by molar-refractivity contribution is 5.99. The minimum atomic E-state index is -0.580. The van der Waals surface area contributed by atoms with E-state index in [1.807, 2.05) is 12.3 Å². The smallest absolute Gasteiger partial charge is 0.448 e. The number of hydrogen-bond acceptors (Lipinski definition) is 9. The average Bonchev–Trinajstić information content (AvgIpc) is 3.45. The second-order valence-corrected chi connectivity index (χ2v) is 13.4. The van der Waals surface area contributed by atoms with Crippen LogP contribution in [0.4, 0.5) is 16.3 Å². The van der Waals surface area contributed by atoms with Crippen LogP contribution in [-0.4, -0.2) is 88.6 Å². The molecular weight excluding hydrogens is 548 g/mol. The maximum atomic E-state index is 13.8. The van der Waals surface area contributed by atoms with Gasteiger partial charge >= 0.3 is 11.8 Å². The summed E-state index contributed by atoms with van der Waals surface area (Å²) in [6, 6.07) is -0.0636. The number of rotatable bonds is 6. The van der Waals surface area contributed by atoms with Gasteiger partial charge < -0.3 is 14.0 Å². The van der Waals surface area contributed by atoms with Crippen molar-refractivity contribution < 1.29 is 28.2 Å². The predicted octanol–water partition coefficient (Wildman–Crippen LogP) is 4.20. The molecule has 5 heterocycles. The van der Waals surface area contributed by atoms with Crippen LogP contribution >= 0.6 is 0 Å². The van der Waals surface area contributed by atoms with Crippen molar-refractivity contribution in [3.05, 3.63) is 23.9 Å². The summed E-state index contributed by atoms with van der Waals surface area (Å²) in [5.41, 5.74) is 1.45. The number of carbonyl (C=O) groups excluding carboxylic acids is 2. The second kappa shape index (κ2) is 9.79. The number of ketones is 1. The summed E-state index contributed by atoms with van der Waals surface area (Å²) in [7, 11) is 3.83. The molecule has 0 aromatic carbocycles. The first-order valence-corrected chi connectivity index (χ1v) is 15.8. The van der Waals surface area contributed by atoms with Crippen LogP contribution in [0.25, 0.3) is 11.6 Å². The minimum absolute atomic E-state index is 0.147. The molecule has 5 atom stereocenters. The Bertz CT molecular complexity index is 1570. The van der Waals surface area contributed by atoms with Gasteiger partial charge in [0.05, 0.1) is 37.9 Å². The Morgan fingerprint density at radius 2 is 2.00 bits per heavy atom. The molecule has 8 rings (SSSR count). The normalized spacial score (nSPS) is 33.2. The Labute approximate surface area is 250 Å². The average molecular weight is 588 g/mol. The van der Waals surface area contributed by atoms with E-state index in [1.54, 1.807) is 16.5 Å². The molecule has 2 amide bonds. The number of amides is 2. The lowest BCUT2D eigenvalue weighted by Gasteiger charge is -2.37. The van der Waals surface area contributed by atoms with E-state index in [0.29, 0.717) is 54.5 Å². The number of likely N-dealkylation sites (tertiary alicyclic amines) is 1. The number of carbonyl (C=O) groups is 2. The quantitative estimate of drug-likeness (QED) is 0.362. The Morgan fingerprint density at radius 1 is 1.14 bits per heavy atom. The topological polar surface area (TPSA) is 114 Å². The first-order chi connectivity index (χ1) is 20.8. The number of hydrogen-bond donors (Lipinski definition) is 0. The van der Waals surface area contributed by atoms with Gasteiger partial charge in [-0.2, -0.15) is 9.56 Å². The zero-order valence-corrected chi connectivity index (χ0v) is 25.0. The molecule has 1 spiro atoms. The molecular formula is C32H39N6O5+. The molecule has 226 valence electrons. The number of urea groups is 1. The van der Waals surface area contributed by atoms with Gasteiger partial charge in [-0.15, -0.1) is 0 Å². The maximum absolute atomic E-state index is 13.8. The number of likely N-dealkylation sites (N-methyl/N-ethyl adjacent to an activating group) is 1. The number of anilines is 1. The number of ether oxygens (including phenoxy) is 2. The van der Waals surface area contributed by atoms with E-state index < -0.39 is 5.41 Å². The van der Waals surface area contributed by atoms with Gasteiger partial charge in [-0.3, -0.25) is 9.69 Å². The SMILES string of the molecule is C=C[C@H](Oc1nc(-c2onc3c2CCC[C@@]32CCCCC2=O)nc2c1N(C)C(=O)/[N+]2=C\C12COC[C@@H]1C2)[C@@H]1CCCN1C. The molecule has 1 unspecified atom stereocenters. The van der Waals surface area contributed by atoms with E-state index in [-0.39, 0.29) is 29.4 Å². The summed E-state index contributed by atoms with van der Waals surface area (Å²) in [6.07, 6.45) is 12.3. The van der Waals surface area contributed by atoms with Crippen LogP contribution in [0.15, 0.2) is 17.2 Å². The van der Waals surface area contributed by atoms with Crippen LogP contribution < -0.4 is 9.64 Å². The minimum Gasteiger partial charge on any atom is -0.466 e. The third kappa shape index (κ3) is 4.00. The summed E-state index contributed by atoms with van der Waals surface area (Å²) >= 11 is 0. The van der Waals surface area contributed by atoms with E-state index in [4.69, 9.17) is 24.0 Å². The Morgan fingerprint density at radius 3 is 2.72 bits per heavy atom. The molecule has 43 heavy (non-hydrogen) atoms. The predicted molar refractivity (Wildman–Crippen MR) is 157 cm³/mol. The zero-order chi connectivity index (χ0) is 29.5. The van der Waals surface area contributed by atoms with Crippen molar-refractivity contribution in [2.45, 2.75) is 81.8 Å². The fourth-order valence-corrected chi connectivity index (χ4v) is 8.33. The zero-order valence-electron chi connectivity index (χ0n) is 25.0. The van der Waals surface area contributed by atoms with Gasteiger partial charge in [0.2, 0.25) is 11.4 Å². The molecule has 3 aliphatic heterocycles. The second-order valence-electron chi connectivity index (χ2n) is 13.4. The molecule has 11 heteroatoms. The van der Waals surface area contributed by atoms with Gasteiger partial charge in [0, 0.05) is 17.4 Å². The first kappa shape index (κ1) is 27.1. The van der Waals surface area contributed by atoms with E-state index in [9.17, 15) is 9.59 Å². The molecule has 6 aliphatic rings. The number of fused-ring (bicyclic) bond motifs is 4. The molecule has 4 fully saturated rings. The molecule has 0 N–H and O–H groups in total. The van der Waals surface area contributed by atoms with Gasteiger partial charge in [-0.25, -0.2) is 9.69 Å². The number of aromatic nitrogens is 3. The summed E-state index contributed by atoms with van der Waals surface area (Å²) in [4.78, 5) is 40.8. The van der Waals surface area contributed by atoms with E-state index in [1.165, 1.54) is 0 Å². The largest absolute Gasteiger partial charge is 0.466 e. The van der Waals surface area contributed by atoms with Crippen molar-refractivity contribution >= 4 is 29.5 Å². The standard InChI is InChI=1S/C32H39N6O5/c1-4-22(21-10-8-14-36(21)2)42-29-24-28(38(30(40)37(24)3)17-31-15-19(31)16-41-18-31)33-27(34-29)25-20-9-7-13-32(26(20)35-43-25)12-6-5-11-23(32)39/h4,17,19,21-22H,1,5-16,18H2,2-3H3/q+1/b38-17-/t19-,21-,22-,31?,32+/m0/s1. The summed E-state index contributed by atoms with van der Waals surface area (Å²) < 4.78 is 20.1. The lowest BCUT2D eigenvalue weighted by Crippen LogP contribution is -2.41. The van der Waals surface area contributed by atoms with E-state index in [2.05, 4.69) is 23.7 Å². The number of Topliss-reactive ketones (excluding diaryl/α,β-unsaturated/α-hetero) is 1. The molecule has 3 aliphatic carbocycles. The van der Waals surface area contributed by atoms with Gasteiger partial charge in [-0.1, -0.05) is 23.1 Å². The van der Waals surface area contributed by atoms with Crippen molar-refractivity contribution in [1.29, 1.82) is 0 Å². The number of nitrogens with zero attached hydrogens (tertiary/aromatic N) is 6. The fraction of sp³-hybridized carbons (Fsp3) is 0.625. The Balaban J connectivity index is 1.27. The van der Waals surface area contributed by atoms with Crippen molar-refractivity contribution in [1.82, 2.24) is 20.0 Å². The van der Waals surface area contributed by atoms with Gasteiger partial charge in [0.15, 0.2) is 0 Å². The molecule has 2 saturated carbocycles. The highest BCUT2D eigenvalue weighted by Crippen LogP contribution is 2.56. The first-order valence-electron chi connectivity index (χ1n) is 15.8. The van der Waals surface area contributed by atoms with Crippen molar-refractivity contribution in [3.63, 3.8) is 0 Å². The summed E-state index contributed by atoms with van der Waals surface area (Å²) in [5.74, 6) is 2.24. The third-order valence-electron chi connectivity index (χ3n) is 10.9. The van der Waals surface area contributed by atoms with Gasteiger partial charge in [0.1, 0.15) is 17.6 Å². The van der Waals surface area contributed by atoms with Crippen molar-refractivity contribution in [2.75, 3.05) is 38.8 Å². The molecule has 2 saturated heterocycles. The Hall–Kier alpha value is -3.44. The Kier molecular flexibility index (Phi) is 6.17. The van der Waals surface area contributed by atoms with Crippen LogP contribution in [0, 0.1) is 11.3 Å². The van der Waals surface area contributed by atoms with Crippen LogP contribution in [0.1, 0.15) is 69.0 Å². The highest BCUT2D eigenvalue weighted by atomic mass is 16.5. The van der Waals surface area contributed by atoms with E-state index in [0.717, 1.165) is 75.6 Å². The van der Waals surface area contributed by atoms with Crippen LogP contribution in [0.3, 0.4) is 0 Å². The lowest BCUT2D eigenvalue weighted by atomic mass is 9.64. The summed E-state index contributed by atoms with van der Waals surface area (Å²) in [6.45, 7) is 6.38. The fourth-order valence-electron chi connectivity index (χ4n) is 8.33. The molecule has 0 bridgehead atoms. The van der Waals surface area contributed by atoms with E-state index >= 15 is 0 Å². The third-order valence-corrected chi connectivity index (χ3v) is 10.9. The van der Waals surface area contributed by atoms with Crippen molar-refractivity contribution in [2.24, 2.45) is 11.3 Å². The lowest BCUT2D eigenvalue weighted by molar-refractivity contribution is -0.324. The van der Waals surface area contributed by atoms with Crippen LogP contribution in [-0.2, 0) is 21.4 Å². The monoisotopic (exact) mass is 587 g/mol. The van der Waals surface area contributed by atoms with Crippen LogP contribution in [0.5, 0.6) is 5.88 Å². The van der Waals surface area contributed by atoms with Gasteiger partial charge in [-0.05, 0) is 77.0 Å². The van der Waals surface area contributed by atoms with Gasteiger partial charge in [0.25, 0.3) is 11.7 Å². The molecule has 0 radical (unpaired) electrons. The molecule has 2 aromatic heterocycles. The maximum Gasteiger partial charge on any atom is 0.448 e.